The Morgan fingerprint density at radius 3 is 0.704 bits per heavy atom. The topological polar surface area (TPSA) is 201 Å². The molecule has 6 rings (SSSR count). The maximum absolute atomic E-state index is 13.9. The summed E-state index contributed by atoms with van der Waals surface area (Å²) < 4.78 is 25.3. The summed E-state index contributed by atoms with van der Waals surface area (Å²) in [4.78, 5) is 55.6. The molecular formula is C38H72N8O8. The lowest BCUT2D eigenvalue weighted by molar-refractivity contribution is -0.153. The van der Waals surface area contributed by atoms with Crippen LogP contribution in [-0.2, 0) is 38.1 Å². The van der Waals surface area contributed by atoms with E-state index in [9.17, 15) is 19.2 Å². The molecule has 0 saturated carbocycles. The molecule has 0 unspecified atom stereocenters. The van der Waals surface area contributed by atoms with Gasteiger partial charge in [-0.3, -0.25) is 19.2 Å². The van der Waals surface area contributed by atoms with Crippen LogP contribution in [0.2, 0.25) is 0 Å². The van der Waals surface area contributed by atoms with Gasteiger partial charge in [0.1, 0.15) is 0 Å². The molecule has 0 aromatic carbocycles. The summed E-state index contributed by atoms with van der Waals surface area (Å²) in [6, 6.07) is 0. The Bertz CT molecular complexity index is 1130. The van der Waals surface area contributed by atoms with E-state index in [0.717, 1.165) is 0 Å². The fourth-order valence-corrected chi connectivity index (χ4v) is 6.48. The minimum atomic E-state index is -1.26. The minimum absolute atomic E-state index is 0.175. The van der Waals surface area contributed by atoms with Crippen LogP contribution in [0.3, 0.4) is 0 Å². The van der Waals surface area contributed by atoms with Crippen molar-refractivity contribution in [2.45, 2.75) is 140 Å². The van der Waals surface area contributed by atoms with E-state index in [2.05, 4.69) is 42.5 Å². The van der Waals surface area contributed by atoms with Crippen molar-refractivity contribution in [3.8, 4) is 0 Å². The predicted molar refractivity (Wildman–Crippen MR) is 207 cm³/mol. The van der Waals surface area contributed by atoms with Gasteiger partial charge in [-0.2, -0.15) is 0 Å². The highest BCUT2D eigenvalue weighted by Crippen LogP contribution is 2.21. The molecule has 0 radical (unpaired) electrons. The second-order valence-electron chi connectivity index (χ2n) is 18.8. The average Bonchev–Trinajstić information content (AvgIpc) is 3.01. The van der Waals surface area contributed by atoms with E-state index in [1.165, 1.54) is 0 Å². The lowest BCUT2D eigenvalue weighted by Crippen LogP contribution is -2.65. The largest absolute Gasteiger partial charge is 0.364 e. The van der Waals surface area contributed by atoms with Gasteiger partial charge in [-0.15, -0.1) is 0 Å². The van der Waals surface area contributed by atoms with Gasteiger partial charge in [0.2, 0.25) is 0 Å². The summed E-state index contributed by atoms with van der Waals surface area (Å²) >= 11 is 0. The van der Waals surface area contributed by atoms with Crippen LogP contribution in [0.1, 0.15) is 95.9 Å². The van der Waals surface area contributed by atoms with Crippen LogP contribution in [0, 0.1) is 0 Å². The van der Waals surface area contributed by atoms with Crippen molar-refractivity contribution in [2.75, 3.05) is 78.8 Å². The van der Waals surface area contributed by atoms with Crippen LogP contribution in [0.5, 0.6) is 0 Å². The first kappa shape index (κ1) is 45.9. The Kier molecular flexibility index (Phi) is 15.1. The van der Waals surface area contributed by atoms with Gasteiger partial charge in [0.05, 0.1) is 26.4 Å². The molecule has 6 aliphatic rings. The van der Waals surface area contributed by atoms with Gasteiger partial charge < -0.3 is 61.5 Å². The number of nitrogens with one attached hydrogen (secondary N) is 8. The van der Waals surface area contributed by atoms with Crippen LogP contribution < -0.4 is 42.5 Å². The molecule has 16 nitrogen and oxygen atoms in total. The highest BCUT2D eigenvalue weighted by molar-refractivity contribution is 5.87. The van der Waals surface area contributed by atoms with Crippen LogP contribution in [0.15, 0.2) is 0 Å². The number of hydrogen-bond acceptors (Lipinski definition) is 12. The van der Waals surface area contributed by atoms with Gasteiger partial charge in [0.15, 0.2) is 22.4 Å². The van der Waals surface area contributed by atoms with E-state index in [0.29, 0.717) is 39.0 Å². The first-order valence-electron chi connectivity index (χ1n) is 19.4. The van der Waals surface area contributed by atoms with Crippen LogP contribution in [-0.4, -0.2) is 147 Å². The van der Waals surface area contributed by atoms with Gasteiger partial charge in [-0.25, -0.2) is 0 Å². The molecule has 6 fully saturated rings. The molecule has 54 heavy (non-hydrogen) atoms. The van der Waals surface area contributed by atoms with E-state index in [4.69, 9.17) is 18.9 Å². The van der Waals surface area contributed by atoms with Crippen LogP contribution in [0.25, 0.3) is 0 Å². The molecule has 4 bridgehead atoms. The van der Waals surface area contributed by atoms with E-state index in [-0.39, 0.29) is 76.2 Å². The smallest absolute Gasteiger partial charge is 0.253 e. The summed E-state index contributed by atoms with van der Waals surface area (Å²) in [6.45, 7) is 25.0. The molecule has 4 amide bonds. The van der Waals surface area contributed by atoms with E-state index in [1.54, 1.807) is 27.7 Å². The van der Waals surface area contributed by atoms with E-state index in [1.807, 2.05) is 55.4 Å². The first-order chi connectivity index (χ1) is 24.8. The molecule has 0 aromatic heterocycles. The molecule has 6 aliphatic heterocycles. The summed E-state index contributed by atoms with van der Waals surface area (Å²) in [7, 11) is 0. The van der Waals surface area contributed by atoms with Gasteiger partial charge in [0.25, 0.3) is 23.6 Å². The Morgan fingerprint density at radius 1 is 0.333 bits per heavy atom. The molecule has 4 atom stereocenters. The average molecular weight is 769 g/mol. The summed E-state index contributed by atoms with van der Waals surface area (Å²) in [5, 5.41) is 26.0. The second-order valence-corrected chi connectivity index (χ2v) is 18.8. The zero-order valence-electron chi connectivity index (χ0n) is 35.2. The predicted octanol–water partition coefficient (Wildman–Crippen LogP) is -0.154. The monoisotopic (exact) mass is 769 g/mol. The quantitative estimate of drug-likeness (QED) is 0.162. The van der Waals surface area contributed by atoms with Crippen molar-refractivity contribution < 1.29 is 38.1 Å². The highest BCUT2D eigenvalue weighted by Gasteiger charge is 2.43. The van der Waals surface area contributed by atoms with Crippen molar-refractivity contribution in [1.82, 2.24) is 42.5 Å². The molecule has 0 aliphatic carbocycles. The van der Waals surface area contributed by atoms with Crippen molar-refractivity contribution in [3.05, 3.63) is 0 Å². The normalized spacial score (nSPS) is 35.8. The van der Waals surface area contributed by atoms with Gasteiger partial charge in [-0.05, 0) is 95.9 Å². The number of amides is 4. The molecule has 6 heterocycles. The number of carbonyl (C=O) groups is 4. The van der Waals surface area contributed by atoms with Crippen molar-refractivity contribution in [3.63, 3.8) is 0 Å². The standard InChI is InChI=1S/C38H72N8O8/c1-31(2)19-39-23-36(10)28(48)44-32(3,4)20-40-24-35(9,27(47)43-31)51-15-13-17-53-37(11)25-41-21-34(7,8)46-30(50)38(12,54-18-14-16-52-36)26-42-22-33(5,6)45-29(37)49/h39-42H,13-26H2,1-12H3,(H,43,47)(H,44,48)(H,45,49)(H,46,50)/t35-,36-,37-,38-/m1/s1. The Balaban J connectivity index is 2.01. The fourth-order valence-electron chi connectivity index (χ4n) is 6.48. The highest BCUT2D eigenvalue weighted by atomic mass is 16.5. The third-order valence-electron chi connectivity index (χ3n) is 10.1. The summed E-state index contributed by atoms with van der Waals surface area (Å²) in [5.41, 5.74) is -7.88. The van der Waals surface area contributed by atoms with Crippen molar-refractivity contribution in [2.24, 2.45) is 0 Å². The Labute approximate surface area is 323 Å². The number of ether oxygens (including phenoxy) is 4. The van der Waals surface area contributed by atoms with Gasteiger partial charge in [-0.1, -0.05) is 0 Å². The van der Waals surface area contributed by atoms with Crippen molar-refractivity contribution in [1.29, 1.82) is 0 Å². The van der Waals surface area contributed by atoms with Crippen molar-refractivity contribution >= 4 is 23.6 Å². The molecule has 0 aromatic rings. The maximum atomic E-state index is 13.9. The van der Waals surface area contributed by atoms with E-state index >= 15 is 0 Å². The van der Waals surface area contributed by atoms with Crippen LogP contribution >= 0.6 is 0 Å². The maximum Gasteiger partial charge on any atom is 0.253 e. The molecular weight excluding hydrogens is 696 g/mol. The summed E-state index contributed by atoms with van der Waals surface area (Å²) in [6.07, 6.45) is 0.809. The molecule has 0 spiro atoms. The van der Waals surface area contributed by atoms with Crippen LogP contribution in [0.4, 0.5) is 0 Å². The first-order valence-corrected chi connectivity index (χ1v) is 19.4. The third-order valence-corrected chi connectivity index (χ3v) is 10.1. The SMILES string of the molecule is CC1(C)CNC[C@@]2(C)OCCCO[C@]3(C)CNCC(C)(C)NC(=O)[C@@](C)(CNCC(C)(C)NC3=O)OCCCO[C@](C)(CNCC(C)(C)NC2=O)C(=O)N1. The molecule has 16 heteroatoms. The lowest BCUT2D eigenvalue weighted by Gasteiger charge is -2.39. The zero-order chi connectivity index (χ0) is 40.7. The number of carbonyl (C=O) groups excluding carboxylic acids is 4. The number of hydrogen-bond donors (Lipinski definition) is 8. The second kappa shape index (κ2) is 17.8. The van der Waals surface area contributed by atoms with Gasteiger partial charge >= 0.3 is 0 Å². The zero-order valence-corrected chi connectivity index (χ0v) is 35.2. The lowest BCUT2D eigenvalue weighted by atomic mass is 9.96. The number of rotatable bonds is 0. The Hall–Kier alpha value is -2.44. The minimum Gasteiger partial charge on any atom is -0.364 e. The summed E-state index contributed by atoms with van der Waals surface area (Å²) in [5.74, 6) is -1.13. The Morgan fingerprint density at radius 2 is 0.519 bits per heavy atom. The third kappa shape index (κ3) is 13.4. The fraction of sp³-hybridized carbons (Fsp3) is 0.895. The van der Waals surface area contributed by atoms with E-state index < -0.39 is 44.6 Å². The van der Waals surface area contributed by atoms with Gasteiger partial charge in [0, 0.05) is 74.5 Å². The molecule has 312 valence electrons. The molecule has 8 N–H and O–H groups in total. The molecule has 6 saturated heterocycles.